The fourth-order valence-electron chi connectivity index (χ4n) is 2.04. The molecule has 1 amide bonds. The molecule has 6 nitrogen and oxygen atoms in total. The van der Waals surface area contributed by atoms with Crippen LogP contribution in [0.15, 0.2) is 45.5 Å². The van der Waals surface area contributed by atoms with Crippen molar-refractivity contribution in [3.8, 4) is 5.75 Å². The molecule has 0 spiro atoms. The molecule has 1 aliphatic rings. The largest absolute Gasteiger partial charge is 0.506 e. The van der Waals surface area contributed by atoms with Crippen molar-refractivity contribution in [3.05, 3.63) is 46.1 Å². The van der Waals surface area contributed by atoms with Crippen LogP contribution in [0.5, 0.6) is 5.75 Å². The summed E-state index contributed by atoms with van der Waals surface area (Å²) in [5.74, 6) is -0.595. The molecule has 7 heteroatoms. The second-order valence-corrected chi connectivity index (χ2v) is 6.02. The molecule has 0 saturated carbocycles. The maximum atomic E-state index is 12.1. The molecule has 0 radical (unpaired) electrons. The number of ether oxygens (including phenoxy) is 2. The zero-order valence-corrected chi connectivity index (χ0v) is 15.1. The minimum atomic E-state index is -0.701. The van der Waals surface area contributed by atoms with Crippen molar-refractivity contribution in [2.45, 2.75) is 20.3 Å². The lowest BCUT2D eigenvalue weighted by molar-refractivity contribution is -0.138. The van der Waals surface area contributed by atoms with Gasteiger partial charge >= 0.3 is 5.97 Å². The molecule has 0 saturated heterocycles. The monoisotopic (exact) mass is 361 g/mol. The number of aliphatic hydroxyl groups is 1. The number of nitrogens with zero attached hydrogens (tertiary/aromatic N) is 1. The molecule has 1 aromatic rings. The predicted octanol–water partition coefficient (Wildman–Crippen LogP) is 3.49. The Morgan fingerprint density at radius 2 is 1.92 bits per heavy atom. The Kier molecular flexibility index (Phi) is 6.41. The first kappa shape index (κ1) is 18.8. The van der Waals surface area contributed by atoms with Gasteiger partial charge in [-0.25, -0.2) is 9.79 Å². The Labute approximate surface area is 150 Å². The maximum absolute atomic E-state index is 12.1. The summed E-state index contributed by atoms with van der Waals surface area (Å²) in [5, 5.41) is 10.6. The van der Waals surface area contributed by atoms with Gasteiger partial charge in [-0.05, 0) is 30.7 Å². The van der Waals surface area contributed by atoms with E-state index in [2.05, 4.69) is 4.99 Å². The molecule has 0 atom stereocenters. The van der Waals surface area contributed by atoms with E-state index in [1.165, 1.54) is 0 Å². The van der Waals surface area contributed by atoms with E-state index in [-0.39, 0.29) is 35.3 Å². The third-order valence-corrected chi connectivity index (χ3v) is 4.33. The number of amides is 1. The van der Waals surface area contributed by atoms with Gasteiger partial charge in [0.15, 0.2) is 0 Å². The van der Waals surface area contributed by atoms with Gasteiger partial charge in [-0.2, -0.15) is 0 Å². The van der Waals surface area contributed by atoms with Crippen molar-refractivity contribution in [2.24, 2.45) is 4.99 Å². The van der Waals surface area contributed by atoms with Gasteiger partial charge in [0, 0.05) is 6.42 Å². The molecule has 25 heavy (non-hydrogen) atoms. The molecular formula is C18H19NO5S. The van der Waals surface area contributed by atoms with Gasteiger partial charge < -0.3 is 14.6 Å². The quantitative estimate of drug-likeness (QED) is 0.808. The summed E-state index contributed by atoms with van der Waals surface area (Å²) < 4.78 is 10.1. The van der Waals surface area contributed by atoms with Gasteiger partial charge in [-0.1, -0.05) is 30.8 Å². The topological polar surface area (TPSA) is 85.2 Å². The van der Waals surface area contributed by atoms with Gasteiger partial charge in [0.1, 0.15) is 22.1 Å². The molecule has 1 aromatic carbocycles. The van der Waals surface area contributed by atoms with Gasteiger partial charge in [0.2, 0.25) is 5.91 Å². The second-order valence-electron chi connectivity index (χ2n) is 4.99. The number of carbonyl (C=O) groups excluding carboxylic acids is 2. The number of methoxy groups -OCH3 is 1. The zero-order chi connectivity index (χ0) is 18.4. The summed E-state index contributed by atoms with van der Waals surface area (Å²) in [5.41, 5.74) is 0.731. The number of aliphatic imine (C=N–C) groups is 1. The first-order valence-electron chi connectivity index (χ1n) is 7.76. The molecule has 0 aliphatic carbocycles. The van der Waals surface area contributed by atoms with Crippen LogP contribution >= 0.6 is 11.8 Å². The average molecular weight is 361 g/mol. The molecule has 1 N–H and O–H groups in total. The van der Waals surface area contributed by atoms with E-state index in [4.69, 9.17) is 9.47 Å². The van der Waals surface area contributed by atoms with Crippen molar-refractivity contribution in [1.29, 1.82) is 0 Å². The summed E-state index contributed by atoms with van der Waals surface area (Å²) in [6.07, 6.45) is 1.91. The normalized spacial score (nSPS) is 17.2. The summed E-state index contributed by atoms with van der Waals surface area (Å²) in [7, 11) is 1.58. The van der Waals surface area contributed by atoms with Crippen LogP contribution in [0.25, 0.3) is 6.08 Å². The van der Waals surface area contributed by atoms with E-state index < -0.39 is 5.97 Å². The molecule has 0 fully saturated rings. The molecule has 132 valence electrons. The molecule has 1 aliphatic heterocycles. The molecular weight excluding hydrogens is 342 g/mol. The van der Waals surface area contributed by atoms with Crippen LogP contribution < -0.4 is 4.74 Å². The van der Waals surface area contributed by atoms with E-state index in [0.717, 1.165) is 17.3 Å². The minimum absolute atomic E-state index is 0.0755. The van der Waals surface area contributed by atoms with E-state index in [9.17, 15) is 14.7 Å². The first-order valence-corrected chi connectivity index (χ1v) is 8.58. The van der Waals surface area contributed by atoms with Crippen molar-refractivity contribution in [3.63, 3.8) is 0 Å². The van der Waals surface area contributed by atoms with Gasteiger partial charge in [0.25, 0.3) is 0 Å². The lowest BCUT2D eigenvalue weighted by Crippen LogP contribution is -2.14. The SMILES string of the molecule is CCOC(=O)C1=C(O)/C(=C/c2ccc(OC)cc2)SC1=NC(=O)CC. The highest BCUT2D eigenvalue weighted by Crippen LogP contribution is 2.39. The van der Waals surface area contributed by atoms with Gasteiger partial charge in [0.05, 0.1) is 18.6 Å². The number of hydrogen-bond donors (Lipinski definition) is 1. The Morgan fingerprint density at radius 3 is 2.48 bits per heavy atom. The molecule has 0 bridgehead atoms. The smallest absolute Gasteiger partial charge is 0.344 e. The third-order valence-electron chi connectivity index (χ3n) is 3.31. The lowest BCUT2D eigenvalue weighted by Gasteiger charge is -2.02. The van der Waals surface area contributed by atoms with Crippen molar-refractivity contribution >= 4 is 34.8 Å². The number of thioether (sulfide) groups is 1. The Morgan fingerprint density at radius 1 is 1.24 bits per heavy atom. The molecule has 0 aromatic heterocycles. The lowest BCUT2D eigenvalue weighted by atomic mass is 10.1. The summed E-state index contributed by atoms with van der Waals surface area (Å²) >= 11 is 1.06. The van der Waals surface area contributed by atoms with Crippen LogP contribution in [0.2, 0.25) is 0 Å². The number of esters is 1. The average Bonchev–Trinajstić information content (AvgIpc) is 2.91. The highest BCUT2D eigenvalue weighted by molar-refractivity contribution is 8.18. The van der Waals surface area contributed by atoms with E-state index in [1.54, 1.807) is 39.2 Å². The third kappa shape index (κ3) is 4.51. The molecule has 1 heterocycles. The van der Waals surface area contributed by atoms with Crippen molar-refractivity contribution in [2.75, 3.05) is 13.7 Å². The minimum Gasteiger partial charge on any atom is -0.506 e. The fraction of sp³-hybridized carbons (Fsp3) is 0.278. The predicted molar refractivity (Wildman–Crippen MR) is 97.6 cm³/mol. The van der Waals surface area contributed by atoms with E-state index >= 15 is 0 Å². The van der Waals surface area contributed by atoms with Crippen LogP contribution in [-0.4, -0.2) is 35.7 Å². The van der Waals surface area contributed by atoms with Crippen LogP contribution in [0.4, 0.5) is 0 Å². The standard InChI is InChI=1S/C18H19NO5S/c1-4-14(20)19-17-15(18(22)24-5-2)16(21)13(25-17)10-11-6-8-12(23-3)9-7-11/h6-10,21H,4-5H2,1-3H3/b13-10-,19-17?. The van der Waals surface area contributed by atoms with Crippen LogP contribution in [-0.2, 0) is 14.3 Å². The van der Waals surface area contributed by atoms with Crippen molar-refractivity contribution in [1.82, 2.24) is 0 Å². The van der Waals surface area contributed by atoms with E-state index in [1.807, 2.05) is 12.1 Å². The van der Waals surface area contributed by atoms with Crippen molar-refractivity contribution < 1.29 is 24.2 Å². The highest BCUT2D eigenvalue weighted by atomic mass is 32.2. The summed E-state index contributed by atoms with van der Waals surface area (Å²) in [6.45, 7) is 3.50. The zero-order valence-electron chi connectivity index (χ0n) is 14.2. The first-order chi connectivity index (χ1) is 12.0. The number of carbonyl (C=O) groups is 2. The number of hydrogen-bond acceptors (Lipinski definition) is 6. The Bertz CT molecular complexity index is 762. The van der Waals surface area contributed by atoms with Gasteiger partial charge in [-0.3, -0.25) is 4.79 Å². The van der Waals surface area contributed by atoms with Gasteiger partial charge in [-0.15, -0.1) is 0 Å². The molecule has 2 rings (SSSR count). The molecule has 0 unspecified atom stereocenters. The highest BCUT2D eigenvalue weighted by Gasteiger charge is 2.33. The number of benzene rings is 1. The Balaban J connectivity index is 2.42. The fourth-order valence-corrected chi connectivity index (χ4v) is 3.07. The summed E-state index contributed by atoms with van der Waals surface area (Å²) in [4.78, 5) is 28.1. The second kappa shape index (κ2) is 8.53. The van der Waals surface area contributed by atoms with Crippen LogP contribution in [0.1, 0.15) is 25.8 Å². The van der Waals surface area contributed by atoms with E-state index in [0.29, 0.717) is 10.7 Å². The number of rotatable bonds is 5. The summed E-state index contributed by atoms with van der Waals surface area (Å²) in [6, 6.07) is 7.20. The number of aliphatic hydroxyl groups excluding tert-OH is 1. The Hall–Kier alpha value is -2.54. The van der Waals surface area contributed by atoms with Crippen LogP contribution in [0.3, 0.4) is 0 Å². The van der Waals surface area contributed by atoms with Crippen LogP contribution in [0, 0.1) is 0 Å². The maximum Gasteiger partial charge on any atom is 0.344 e.